The number of para-hydroxylation sites is 1. The van der Waals surface area contributed by atoms with Crippen molar-refractivity contribution in [3.63, 3.8) is 0 Å². The Morgan fingerprint density at radius 2 is 2.26 bits per heavy atom. The lowest BCUT2D eigenvalue weighted by Crippen LogP contribution is -1.99. The number of nitrogens with zero attached hydrogens (tertiary/aromatic N) is 4. The van der Waals surface area contributed by atoms with Crippen LogP contribution in [0.2, 0.25) is 0 Å². The van der Waals surface area contributed by atoms with Crippen molar-refractivity contribution in [2.45, 2.75) is 6.54 Å². The maximum absolute atomic E-state index is 11.1. The summed E-state index contributed by atoms with van der Waals surface area (Å²) in [7, 11) is 1.86. The van der Waals surface area contributed by atoms with E-state index in [0.717, 1.165) is 11.1 Å². The van der Waals surface area contributed by atoms with Crippen LogP contribution in [0.25, 0.3) is 11.0 Å². The molecular weight excluding hydrogens is 244 g/mol. The van der Waals surface area contributed by atoms with Crippen molar-refractivity contribution in [1.29, 1.82) is 0 Å². The van der Waals surface area contributed by atoms with Crippen LogP contribution in [0.3, 0.4) is 0 Å². The number of imidazole rings is 1. The number of carbonyl (C=O) groups is 1. The van der Waals surface area contributed by atoms with Crippen LogP contribution in [0.5, 0.6) is 0 Å². The summed E-state index contributed by atoms with van der Waals surface area (Å²) in [6.07, 6.45) is 5.36. The number of hydrogen-bond acceptors (Lipinski definition) is 3. The number of hydrogen-bond donors (Lipinski definition) is 1. The van der Waals surface area contributed by atoms with Gasteiger partial charge in [-0.15, -0.1) is 0 Å². The fraction of sp³-hybridized carbons (Fsp3) is 0.154. The molecule has 0 fully saturated rings. The van der Waals surface area contributed by atoms with Crippen molar-refractivity contribution >= 4 is 17.0 Å². The van der Waals surface area contributed by atoms with Gasteiger partial charge in [-0.3, -0.25) is 4.68 Å². The molecule has 0 radical (unpaired) electrons. The summed E-state index contributed by atoms with van der Waals surface area (Å²) < 4.78 is 3.65. The first-order chi connectivity index (χ1) is 9.15. The zero-order chi connectivity index (χ0) is 13.4. The molecule has 0 aliphatic rings. The molecule has 1 N–H and O–H groups in total. The van der Waals surface area contributed by atoms with Gasteiger partial charge in [0.25, 0.3) is 0 Å². The highest BCUT2D eigenvalue weighted by Gasteiger charge is 2.12. The predicted molar refractivity (Wildman–Crippen MR) is 69.0 cm³/mol. The number of carboxylic acids is 1. The molecule has 0 bridgehead atoms. The second kappa shape index (κ2) is 4.24. The second-order valence-electron chi connectivity index (χ2n) is 4.37. The molecule has 1 aromatic carbocycles. The quantitative estimate of drug-likeness (QED) is 0.771. The molecule has 0 aliphatic heterocycles. The van der Waals surface area contributed by atoms with Crippen LogP contribution in [0.15, 0.2) is 36.9 Å². The fourth-order valence-electron chi connectivity index (χ4n) is 2.14. The fourth-order valence-corrected chi connectivity index (χ4v) is 2.14. The molecule has 0 atom stereocenters. The van der Waals surface area contributed by atoms with Gasteiger partial charge >= 0.3 is 5.97 Å². The van der Waals surface area contributed by atoms with Crippen molar-refractivity contribution in [3.05, 3.63) is 48.0 Å². The molecule has 0 aliphatic carbocycles. The predicted octanol–water partition coefficient (Wildman–Crippen LogP) is 1.52. The monoisotopic (exact) mass is 256 g/mol. The minimum atomic E-state index is -0.961. The van der Waals surface area contributed by atoms with Crippen molar-refractivity contribution in [2.24, 2.45) is 7.05 Å². The molecule has 0 spiro atoms. The molecule has 6 nitrogen and oxygen atoms in total. The van der Waals surface area contributed by atoms with Crippen LogP contribution in [0.4, 0.5) is 0 Å². The largest absolute Gasteiger partial charge is 0.478 e. The van der Waals surface area contributed by atoms with Crippen LogP contribution in [0, 0.1) is 0 Å². The minimum Gasteiger partial charge on any atom is -0.478 e. The Balaban J connectivity index is 2.06. The van der Waals surface area contributed by atoms with Gasteiger partial charge in [0.05, 0.1) is 30.1 Å². The number of rotatable bonds is 3. The number of carboxylic acid groups (broad SMARTS) is 1. The zero-order valence-electron chi connectivity index (χ0n) is 10.3. The standard InChI is InChI=1S/C13H12N4O2/c1-16-6-9(5-15-16)7-17-8-14-12-10(13(18)19)3-2-4-11(12)17/h2-6,8H,7H2,1H3,(H,18,19). The third kappa shape index (κ3) is 1.97. The van der Waals surface area contributed by atoms with E-state index in [9.17, 15) is 4.79 Å². The molecule has 2 aromatic heterocycles. The lowest BCUT2D eigenvalue weighted by atomic mass is 10.2. The van der Waals surface area contributed by atoms with Crippen LogP contribution >= 0.6 is 0 Å². The average molecular weight is 256 g/mol. The Morgan fingerprint density at radius 1 is 1.42 bits per heavy atom. The van der Waals surface area contributed by atoms with Crippen molar-refractivity contribution in [1.82, 2.24) is 19.3 Å². The van der Waals surface area contributed by atoms with Crippen molar-refractivity contribution < 1.29 is 9.90 Å². The summed E-state index contributed by atoms with van der Waals surface area (Å²) in [6.45, 7) is 0.618. The summed E-state index contributed by atoms with van der Waals surface area (Å²) in [6, 6.07) is 5.16. The Labute approximate surface area is 108 Å². The summed E-state index contributed by atoms with van der Waals surface area (Å²) >= 11 is 0. The molecule has 0 amide bonds. The smallest absolute Gasteiger partial charge is 0.337 e. The van der Waals surface area contributed by atoms with Crippen molar-refractivity contribution in [2.75, 3.05) is 0 Å². The molecular formula is C13H12N4O2. The van der Waals surface area contributed by atoms with E-state index in [1.54, 1.807) is 29.3 Å². The Kier molecular flexibility index (Phi) is 2.56. The lowest BCUT2D eigenvalue weighted by molar-refractivity contribution is 0.0699. The Bertz CT molecular complexity index is 757. The van der Waals surface area contributed by atoms with E-state index < -0.39 is 5.97 Å². The van der Waals surface area contributed by atoms with E-state index >= 15 is 0 Å². The third-order valence-electron chi connectivity index (χ3n) is 2.99. The van der Waals surface area contributed by atoms with Gasteiger partial charge in [0.2, 0.25) is 0 Å². The molecule has 0 saturated heterocycles. The summed E-state index contributed by atoms with van der Waals surface area (Å²) in [4.78, 5) is 15.3. The van der Waals surface area contributed by atoms with Crippen LogP contribution < -0.4 is 0 Å². The highest BCUT2D eigenvalue weighted by molar-refractivity contribution is 6.00. The molecule has 0 unspecified atom stereocenters. The lowest BCUT2D eigenvalue weighted by Gasteiger charge is -2.02. The van der Waals surface area contributed by atoms with E-state index in [-0.39, 0.29) is 5.56 Å². The van der Waals surface area contributed by atoms with E-state index in [4.69, 9.17) is 5.11 Å². The van der Waals surface area contributed by atoms with E-state index in [1.807, 2.05) is 23.9 Å². The molecule has 2 heterocycles. The van der Waals surface area contributed by atoms with Gasteiger partial charge < -0.3 is 9.67 Å². The van der Waals surface area contributed by atoms with E-state index in [0.29, 0.717) is 12.1 Å². The first-order valence-corrected chi connectivity index (χ1v) is 5.80. The van der Waals surface area contributed by atoms with Gasteiger partial charge in [0.15, 0.2) is 0 Å². The van der Waals surface area contributed by atoms with Crippen LogP contribution in [-0.2, 0) is 13.6 Å². The summed E-state index contributed by atoms with van der Waals surface area (Å²) in [5.74, 6) is -0.961. The number of aromatic carboxylic acids is 1. The first-order valence-electron chi connectivity index (χ1n) is 5.80. The van der Waals surface area contributed by atoms with Gasteiger partial charge in [-0.05, 0) is 12.1 Å². The van der Waals surface area contributed by atoms with Gasteiger partial charge in [0.1, 0.15) is 5.52 Å². The van der Waals surface area contributed by atoms with E-state index in [2.05, 4.69) is 10.1 Å². The molecule has 6 heteroatoms. The van der Waals surface area contributed by atoms with Gasteiger partial charge in [-0.25, -0.2) is 9.78 Å². The van der Waals surface area contributed by atoms with Gasteiger partial charge in [-0.2, -0.15) is 5.10 Å². The Morgan fingerprint density at radius 3 is 2.95 bits per heavy atom. The first kappa shape index (κ1) is 11.5. The normalized spacial score (nSPS) is 11.0. The third-order valence-corrected chi connectivity index (χ3v) is 2.99. The molecule has 0 saturated carbocycles. The summed E-state index contributed by atoms with van der Waals surface area (Å²) in [5, 5.41) is 13.2. The molecule has 3 aromatic rings. The molecule has 19 heavy (non-hydrogen) atoms. The maximum atomic E-state index is 11.1. The highest BCUT2D eigenvalue weighted by atomic mass is 16.4. The Hall–Kier alpha value is -2.63. The SMILES string of the molecule is Cn1cc(Cn2cnc3c(C(=O)O)cccc32)cn1. The topological polar surface area (TPSA) is 72.9 Å². The molecule has 96 valence electrons. The van der Waals surface area contributed by atoms with Crippen LogP contribution in [-0.4, -0.2) is 30.4 Å². The minimum absolute atomic E-state index is 0.224. The highest BCUT2D eigenvalue weighted by Crippen LogP contribution is 2.18. The number of fused-ring (bicyclic) bond motifs is 1. The number of aryl methyl sites for hydroxylation is 1. The summed E-state index contributed by atoms with van der Waals surface area (Å²) in [5.41, 5.74) is 2.59. The van der Waals surface area contributed by atoms with Gasteiger partial charge in [-0.1, -0.05) is 6.07 Å². The maximum Gasteiger partial charge on any atom is 0.337 e. The van der Waals surface area contributed by atoms with Crippen LogP contribution in [0.1, 0.15) is 15.9 Å². The second-order valence-corrected chi connectivity index (χ2v) is 4.37. The van der Waals surface area contributed by atoms with Gasteiger partial charge in [0, 0.05) is 18.8 Å². The number of benzene rings is 1. The zero-order valence-corrected chi connectivity index (χ0v) is 10.3. The van der Waals surface area contributed by atoms with Crippen molar-refractivity contribution in [3.8, 4) is 0 Å². The van der Waals surface area contributed by atoms with E-state index in [1.165, 1.54) is 0 Å². The molecule has 3 rings (SSSR count). The number of aromatic nitrogens is 4. The average Bonchev–Trinajstić information content (AvgIpc) is 2.97.